The molecule has 2 aromatic rings. The first kappa shape index (κ1) is 16.4. The molecule has 0 heterocycles. The third-order valence-electron chi connectivity index (χ3n) is 3.21. The molecule has 0 atom stereocenters. The Morgan fingerprint density at radius 1 is 1.30 bits per heavy atom. The number of nitrogens with zero attached hydrogens (tertiary/aromatic N) is 1. The van der Waals surface area contributed by atoms with Gasteiger partial charge in [0.25, 0.3) is 5.91 Å². The lowest BCUT2D eigenvalue weighted by Crippen LogP contribution is -2.28. The second-order valence-corrected chi connectivity index (χ2v) is 4.86. The molecule has 0 saturated heterocycles. The molecule has 0 saturated carbocycles. The highest BCUT2D eigenvalue weighted by molar-refractivity contribution is 5.77. The Bertz CT molecular complexity index is 734. The van der Waals surface area contributed by atoms with Crippen molar-refractivity contribution >= 4 is 11.6 Å². The SMILES string of the molecule is Cc1ccccc1CNC(=O)COc1cc(F)ccc1[N+](=O)[O-]. The maximum absolute atomic E-state index is 13.1. The van der Waals surface area contributed by atoms with Crippen molar-refractivity contribution in [2.75, 3.05) is 6.61 Å². The van der Waals surface area contributed by atoms with Crippen molar-refractivity contribution in [2.45, 2.75) is 13.5 Å². The fourth-order valence-corrected chi connectivity index (χ4v) is 1.95. The first-order chi connectivity index (χ1) is 11.0. The summed E-state index contributed by atoms with van der Waals surface area (Å²) in [4.78, 5) is 21.9. The Morgan fingerprint density at radius 3 is 2.74 bits per heavy atom. The third-order valence-corrected chi connectivity index (χ3v) is 3.21. The van der Waals surface area contributed by atoms with Crippen LogP contribution in [-0.4, -0.2) is 17.4 Å². The zero-order valence-electron chi connectivity index (χ0n) is 12.4. The van der Waals surface area contributed by atoms with E-state index in [4.69, 9.17) is 4.74 Å². The normalized spacial score (nSPS) is 10.2. The lowest BCUT2D eigenvalue weighted by Gasteiger charge is -2.09. The number of ether oxygens (including phenoxy) is 1. The summed E-state index contributed by atoms with van der Waals surface area (Å²) in [6, 6.07) is 10.4. The largest absolute Gasteiger partial charge is 0.477 e. The van der Waals surface area contributed by atoms with E-state index in [1.807, 2.05) is 31.2 Å². The number of benzene rings is 2. The predicted molar refractivity (Wildman–Crippen MR) is 81.6 cm³/mol. The van der Waals surface area contributed by atoms with Gasteiger partial charge in [-0.1, -0.05) is 24.3 Å². The van der Waals surface area contributed by atoms with E-state index in [-0.39, 0.29) is 5.75 Å². The van der Waals surface area contributed by atoms with Crippen molar-refractivity contribution in [2.24, 2.45) is 0 Å². The molecule has 0 spiro atoms. The van der Waals surface area contributed by atoms with Gasteiger partial charge in [0.15, 0.2) is 6.61 Å². The molecule has 1 amide bonds. The van der Waals surface area contributed by atoms with Crippen LogP contribution >= 0.6 is 0 Å². The number of carbonyl (C=O) groups is 1. The average molecular weight is 318 g/mol. The fourth-order valence-electron chi connectivity index (χ4n) is 1.95. The first-order valence-electron chi connectivity index (χ1n) is 6.85. The van der Waals surface area contributed by atoms with Crippen LogP contribution in [0.1, 0.15) is 11.1 Å². The molecule has 0 aliphatic heterocycles. The number of hydrogen-bond acceptors (Lipinski definition) is 4. The van der Waals surface area contributed by atoms with Crippen LogP contribution in [0.3, 0.4) is 0 Å². The molecule has 1 N–H and O–H groups in total. The van der Waals surface area contributed by atoms with E-state index in [0.29, 0.717) is 6.54 Å². The van der Waals surface area contributed by atoms with Crippen molar-refractivity contribution < 1.29 is 18.8 Å². The predicted octanol–water partition coefficient (Wildman–Crippen LogP) is 2.74. The molecule has 0 fully saturated rings. The Labute approximate surface area is 132 Å². The summed E-state index contributed by atoms with van der Waals surface area (Å²) in [6.07, 6.45) is 0. The van der Waals surface area contributed by atoms with Crippen molar-refractivity contribution in [3.8, 4) is 5.75 Å². The summed E-state index contributed by atoms with van der Waals surface area (Å²) in [5.74, 6) is -1.40. The number of hydrogen-bond donors (Lipinski definition) is 1. The Balaban J connectivity index is 1.93. The molecule has 7 heteroatoms. The van der Waals surface area contributed by atoms with Crippen LogP contribution in [0.5, 0.6) is 5.75 Å². The lowest BCUT2D eigenvalue weighted by atomic mass is 10.1. The van der Waals surface area contributed by atoms with Crippen LogP contribution in [0.2, 0.25) is 0 Å². The van der Waals surface area contributed by atoms with E-state index >= 15 is 0 Å². The maximum Gasteiger partial charge on any atom is 0.311 e. The van der Waals surface area contributed by atoms with Gasteiger partial charge in [0.2, 0.25) is 5.75 Å². The Kier molecular flexibility index (Phi) is 5.24. The van der Waals surface area contributed by atoms with Crippen molar-refractivity contribution in [1.29, 1.82) is 0 Å². The van der Waals surface area contributed by atoms with Crippen LogP contribution < -0.4 is 10.1 Å². The third kappa shape index (κ3) is 4.50. The summed E-state index contributed by atoms with van der Waals surface area (Å²) in [6.45, 7) is 1.81. The van der Waals surface area contributed by atoms with Gasteiger partial charge >= 0.3 is 5.69 Å². The van der Waals surface area contributed by atoms with Crippen LogP contribution in [0.15, 0.2) is 42.5 Å². The van der Waals surface area contributed by atoms with E-state index in [9.17, 15) is 19.3 Å². The van der Waals surface area contributed by atoms with Crippen molar-refractivity contribution in [1.82, 2.24) is 5.32 Å². The van der Waals surface area contributed by atoms with E-state index in [1.54, 1.807) is 0 Å². The number of amides is 1. The average Bonchev–Trinajstić information content (AvgIpc) is 2.52. The smallest absolute Gasteiger partial charge is 0.311 e. The number of nitro groups is 1. The molecule has 0 aromatic heterocycles. The van der Waals surface area contributed by atoms with Gasteiger partial charge in [0.05, 0.1) is 4.92 Å². The van der Waals surface area contributed by atoms with Crippen LogP contribution in [0.25, 0.3) is 0 Å². The Hall–Kier alpha value is -2.96. The summed E-state index contributed by atoms with van der Waals surface area (Å²) in [7, 11) is 0. The first-order valence-corrected chi connectivity index (χ1v) is 6.85. The van der Waals surface area contributed by atoms with Crippen molar-refractivity contribution in [3.05, 3.63) is 69.5 Å². The van der Waals surface area contributed by atoms with E-state index in [0.717, 1.165) is 29.3 Å². The number of nitro benzene ring substituents is 1. The number of rotatable bonds is 6. The highest BCUT2D eigenvalue weighted by atomic mass is 19.1. The number of carbonyl (C=O) groups excluding carboxylic acids is 1. The van der Waals surface area contributed by atoms with Crippen LogP contribution in [0, 0.1) is 22.9 Å². The van der Waals surface area contributed by atoms with Gasteiger partial charge in [-0.25, -0.2) is 4.39 Å². The summed E-state index contributed by atoms with van der Waals surface area (Å²) in [5.41, 5.74) is 1.60. The van der Waals surface area contributed by atoms with Crippen LogP contribution in [-0.2, 0) is 11.3 Å². The molecule has 0 unspecified atom stereocenters. The van der Waals surface area contributed by atoms with Gasteiger partial charge < -0.3 is 10.1 Å². The van der Waals surface area contributed by atoms with Gasteiger partial charge in [0, 0.05) is 18.7 Å². The van der Waals surface area contributed by atoms with E-state index < -0.39 is 28.9 Å². The standard InChI is InChI=1S/C16H15FN2O4/c1-11-4-2-3-5-12(11)9-18-16(20)10-23-15-8-13(17)6-7-14(15)19(21)22/h2-8H,9-10H2,1H3,(H,18,20). The molecule has 6 nitrogen and oxygen atoms in total. The highest BCUT2D eigenvalue weighted by Crippen LogP contribution is 2.27. The molecular weight excluding hydrogens is 303 g/mol. The van der Waals surface area contributed by atoms with Gasteiger partial charge in [-0.2, -0.15) is 0 Å². The minimum atomic E-state index is -0.694. The summed E-state index contributed by atoms with van der Waals surface area (Å²) in [5, 5.41) is 13.5. The number of halogens is 1. The highest BCUT2D eigenvalue weighted by Gasteiger charge is 2.17. The topological polar surface area (TPSA) is 81.5 Å². The van der Waals surface area contributed by atoms with Gasteiger partial charge in [0.1, 0.15) is 5.82 Å². The minimum Gasteiger partial charge on any atom is -0.477 e. The maximum atomic E-state index is 13.1. The van der Waals surface area contributed by atoms with E-state index in [1.165, 1.54) is 0 Å². The van der Waals surface area contributed by atoms with Gasteiger partial charge in [-0.05, 0) is 24.1 Å². The quantitative estimate of drug-likeness (QED) is 0.656. The van der Waals surface area contributed by atoms with Crippen LogP contribution in [0.4, 0.5) is 10.1 Å². The number of nitrogens with one attached hydrogen (secondary N) is 1. The molecule has 0 bridgehead atoms. The molecule has 2 aromatic carbocycles. The second kappa shape index (κ2) is 7.35. The molecule has 2 rings (SSSR count). The van der Waals surface area contributed by atoms with Gasteiger partial charge in [-0.15, -0.1) is 0 Å². The molecule has 0 aliphatic rings. The summed E-state index contributed by atoms with van der Waals surface area (Å²) >= 11 is 0. The van der Waals surface area contributed by atoms with E-state index in [2.05, 4.69) is 5.32 Å². The lowest BCUT2D eigenvalue weighted by molar-refractivity contribution is -0.385. The number of aryl methyl sites for hydroxylation is 1. The zero-order valence-corrected chi connectivity index (χ0v) is 12.4. The fraction of sp³-hybridized carbons (Fsp3) is 0.188. The minimum absolute atomic E-state index is 0.277. The monoisotopic (exact) mass is 318 g/mol. The second-order valence-electron chi connectivity index (χ2n) is 4.86. The molecule has 23 heavy (non-hydrogen) atoms. The van der Waals surface area contributed by atoms with Crippen molar-refractivity contribution in [3.63, 3.8) is 0 Å². The Morgan fingerprint density at radius 2 is 2.04 bits per heavy atom. The molecular formula is C16H15FN2O4. The summed E-state index contributed by atoms with van der Waals surface area (Å²) < 4.78 is 18.2. The zero-order chi connectivity index (χ0) is 16.8. The molecule has 0 radical (unpaired) electrons. The molecule has 0 aliphatic carbocycles. The molecule has 120 valence electrons. The van der Waals surface area contributed by atoms with Gasteiger partial charge in [-0.3, -0.25) is 14.9 Å².